The molecule has 8 nitrogen and oxygen atoms in total. The number of nitrogens with zero attached hydrogens (tertiary/aromatic N) is 1. The molecule has 1 aliphatic rings. The molecule has 0 saturated carbocycles. The van der Waals surface area contributed by atoms with Gasteiger partial charge >= 0.3 is 14.2 Å². The van der Waals surface area contributed by atoms with E-state index in [1.807, 2.05) is 0 Å². The molecule has 0 aromatic heterocycles. The molecule has 1 heterocycles. The van der Waals surface area contributed by atoms with Gasteiger partial charge in [-0.1, -0.05) is 0 Å². The maximum Gasteiger partial charge on any atom is 0.317 e. The maximum absolute atomic E-state index is 12.1. The van der Waals surface area contributed by atoms with Gasteiger partial charge in [0.25, 0.3) is 9.05 Å². The highest BCUT2D eigenvalue weighted by molar-refractivity contribution is 8.31. The molecule has 0 bridgehead atoms. The number of ether oxygens (including phenoxy) is 1. The molecule has 146 valence electrons. The van der Waals surface area contributed by atoms with Gasteiger partial charge in [0, 0.05) is 50.7 Å². The van der Waals surface area contributed by atoms with E-state index in [9.17, 15) is 18.0 Å². The first-order valence-corrected chi connectivity index (χ1v) is 12.4. The van der Waals surface area contributed by atoms with Crippen molar-refractivity contribution in [3.8, 4) is 0 Å². The zero-order valence-electron chi connectivity index (χ0n) is 13.3. The van der Waals surface area contributed by atoms with Crippen molar-refractivity contribution in [1.82, 2.24) is 0 Å². The number of anilines is 1. The SMILES string of the molecule is COC(=O)CCC(=O)N1CCc2cc(S(=O)(=O)Cl)ccc21.O=S(=O)(Cl)Cl. The van der Waals surface area contributed by atoms with Crippen molar-refractivity contribution in [2.24, 2.45) is 0 Å². The number of carbonyl (C=O) groups is 2. The van der Waals surface area contributed by atoms with E-state index < -0.39 is 23.3 Å². The van der Waals surface area contributed by atoms with E-state index in [-0.39, 0.29) is 23.6 Å². The molecule has 0 spiro atoms. The monoisotopic (exact) mass is 465 g/mol. The number of fused-ring (bicyclic) bond motifs is 1. The summed E-state index contributed by atoms with van der Waals surface area (Å²) >= 11 is 0. The van der Waals surface area contributed by atoms with E-state index >= 15 is 0 Å². The number of rotatable bonds is 4. The van der Waals surface area contributed by atoms with Crippen LogP contribution in [-0.2, 0) is 38.1 Å². The molecule has 13 heteroatoms. The maximum atomic E-state index is 12.1. The van der Waals surface area contributed by atoms with Gasteiger partial charge in [-0.15, -0.1) is 0 Å². The fourth-order valence-electron chi connectivity index (χ4n) is 2.23. The Morgan fingerprint density at radius 1 is 1.12 bits per heavy atom. The van der Waals surface area contributed by atoms with E-state index in [0.29, 0.717) is 18.7 Å². The summed E-state index contributed by atoms with van der Waals surface area (Å²) in [5.41, 5.74) is 1.41. The Bertz CT molecular complexity index is 892. The van der Waals surface area contributed by atoms with Gasteiger partial charge < -0.3 is 9.64 Å². The fourth-order valence-corrected chi connectivity index (χ4v) is 3.04. The van der Waals surface area contributed by atoms with Crippen LogP contribution in [0.2, 0.25) is 0 Å². The molecule has 1 aromatic carbocycles. The number of hydrogen-bond donors (Lipinski definition) is 0. The number of hydrogen-bond acceptors (Lipinski definition) is 7. The molecule has 1 amide bonds. The van der Waals surface area contributed by atoms with Gasteiger partial charge in [0.15, 0.2) is 0 Å². The second-order valence-corrected chi connectivity index (χ2v) is 11.2. The molecule has 0 aliphatic carbocycles. The Hall–Kier alpha value is -1.07. The number of methoxy groups -OCH3 is 1. The minimum atomic E-state index is -3.78. The number of halogens is 3. The van der Waals surface area contributed by atoms with Gasteiger partial charge in [-0.3, -0.25) is 9.59 Å². The standard InChI is InChI=1S/C13H14ClNO5S.Cl2O2S/c1-20-13(17)5-4-12(16)15-7-6-9-8-10(21(14,18)19)2-3-11(9)15;1-5(2,3)4/h2-3,8H,4-7H2,1H3;. The van der Waals surface area contributed by atoms with Gasteiger partial charge in [-0.05, 0) is 30.2 Å². The zero-order valence-corrected chi connectivity index (χ0v) is 17.2. The molecule has 0 unspecified atom stereocenters. The Balaban J connectivity index is 0.000000597. The average Bonchev–Trinajstić information content (AvgIpc) is 2.92. The van der Waals surface area contributed by atoms with Crippen LogP contribution >= 0.6 is 32.0 Å². The predicted octanol–water partition coefficient (Wildman–Crippen LogP) is 2.17. The predicted molar refractivity (Wildman–Crippen MR) is 97.4 cm³/mol. The van der Waals surface area contributed by atoms with Crippen LogP contribution in [0.3, 0.4) is 0 Å². The van der Waals surface area contributed by atoms with Gasteiger partial charge in [-0.2, -0.15) is 8.42 Å². The zero-order chi connectivity index (χ0) is 20.1. The van der Waals surface area contributed by atoms with E-state index in [2.05, 4.69) is 26.1 Å². The number of esters is 1. The van der Waals surface area contributed by atoms with Crippen molar-refractivity contribution in [3.05, 3.63) is 23.8 Å². The third-order valence-electron chi connectivity index (χ3n) is 3.30. The summed E-state index contributed by atoms with van der Waals surface area (Å²) in [4.78, 5) is 24.7. The Morgan fingerprint density at radius 3 is 2.19 bits per heavy atom. The van der Waals surface area contributed by atoms with Gasteiger partial charge in [0.1, 0.15) is 0 Å². The lowest BCUT2D eigenvalue weighted by molar-refractivity contribution is -0.141. The van der Waals surface area contributed by atoms with Crippen molar-refractivity contribution < 1.29 is 31.2 Å². The van der Waals surface area contributed by atoms with E-state index in [0.717, 1.165) is 5.56 Å². The smallest absolute Gasteiger partial charge is 0.317 e. The van der Waals surface area contributed by atoms with E-state index in [1.165, 1.54) is 19.2 Å². The van der Waals surface area contributed by atoms with Gasteiger partial charge in [-0.25, -0.2) is 8.42 Å². The minimum Gasteiger partial charge on any atom is -0.469 e. The highest BCUT2D eigenvalue weighted by atomic mass is 36.0. The first-order valence-electron chi connectivity index (χ1n) is 6.92. The van der Waals surface area contributed by atoms with Crippen molar-refractivity contribution in [1.29, 1.82) is 0 Å². The third-order valence-corrected chi connectivity index (χ3v) is 4.65. The summed E-state index contributed by atoms with van der Waals surface area (Å²) in [6.07, 6.45) is 0.635. The first kappa shape index (κ1) is 23.0. The highest BCUT2D eigenvalue weighted by Crippen LogP contribution is 2.31. The number of carbonyl (C=O) groups excluding carboxylic acids is 2. The second kappa shape index (κ2) is 9.23. The van der Waals surface area contributed by atoms with Gasteiger partial charge in [0.2, 0.25) is 5.91 Å². The molecule has 0 saturated heterocycles. The lowest BCUT2D eigenvalue weighted by Gasteiger charge is -2.17. The molecule has 0 N–H and O–H groups in total. The van der Waals surface area contributed by atoms with Crippen LogP contribution in [0.15, 0.2) is 23.1 Å². The van der Waals surface area contributed by atoms with Crippen molar-refractivity contribution in [2.45, 2.75) is 24.2 Å². The van der Waals surface area contributed by atoms with E-state index in [1.54, 1.807) is 11.0 Å². The molecular weight excluding hydrogens is 453 g/mol. The van der Waals surface area contributed by atoms with Crippen molar-refractivity contribution in [3.63, 3.8) is 0 Å². The molecular formula is C13H14Cl3NO7S2. The molecule has 26 heavy (non-hydrogen) atoms. The Labute approximate surface area is 164 Å². The van der Waals surface area contributed by atoms with Gasteiger partial charge in [0.05, 0.1) is 18.4 Å². The van der Waals surface area contributed by atoms with Crippen molar-refractivity contribution in [2.75, 3.05) is 18.6 Å². The number of amides is 1. The van der Waals surface area contributed by atoms with Crippen LogP contribution in [-0.4, -0.2) is 42.4 Å². The normalized spacial score (nSPS) is 13.5. The van der Waals surface area contributed by atoms with Crippen LogP contribution in [0.5, 0.6) is 0 Å². The molecule has 0 radical (unpaired) electrons. The van der Waals surface area contributed by atoms with Crippen LogP contribution in [0, 0.1) is 0 Å². The van der Waals surface area contributed by atoms with E-state index in [4.69, 9.17) is 19.1 Å². The summed E-state index contributed by atoms with van der Waals surface area (Å²) in [6.45, 7) is 0.459. The summed E-state index contributed by atoms with van der Waals surface area (Å²) in [5.74, 6) is -0.632. The van der Waals surface area contributed by atoms with Crippen LogP contribution in [0.4, 0.5) is 5.69 Å². The average molecular weight is 467 g/mol. The minimum absolute atomic E-state index is 0.0202. The molecule has 1 aromatic rings. The lowest BCUT2D eigenvalue weighted by Crippen LogP contribution is -2.29. The highest BCUT2D eigenvalue weighted by Gasteiger charge is 2.26. The lowest BCUT2D eigenvalue weighted by atomic mass is 10.2. The van der Waals surface area contributed by atoms with Crippen LogP contribution in [0.25, 0.3) is 0 Å². The number of benzene rings is 1. The van der Waals surface area contributed by atoms with Crippen LogP contribution in [0.1, 0.15) is 18.4 Å². The third kappa shape index (κ3) is 7.67. The summed E-state index contributed by atoms with van der Waals surface area (Å²) in [7, 11) is 7.60. The second-order valence-electron chi connectivity index (χ2n) is 4.98. The largest absolute Gasteiger partial charge is 0.469 e. The molecule has 2 rings (SSSR count). The summed E-state index contributed by atoms with van der Waals surface area (Å²) < 4.78 is 45.4. The quantitative estimate of drug-likeness (QED) is 0.493. The van der Waals surface area contributed by atoms with Crippen molar-refractivity contribution >= 4 is 66.9 Å². The molecule has 1 aliphatic heterocycles. The topological polar surface area (TPSA) is 115 Å². The summed E-state index contributed by atoms with van der Waals surface area (Å²) in [6, 6.07) is 4.41. The first-order chi connectivity index (χ1) is 11.8. The molecule has 0 fully saturated rings. The van der Waals surface area contributed by atoms with Crippen LogP contribution < -0.4 is 4.90 Å². The summed E-state index contributed by atoms with van der Waals surface area (Å²) in [5, 5.41) is 0. The molecule has 0 atom stereocenters. The fraction of sp³-hybridized carbons (Fsp3) is 0.385. The Morgan fingerprint density at radius 2 is 1.69 bits per heavy atom. The Kier molecular flexibility index (Phi) is 8.15.